The molecule has 1 aliphatic rings. The number of hydrogen-bond donors (Lipinski definition) is 0. The monoisotopic (exact) mass is 537 g/mol. The van der Waals surface area contributed by atoms with Gasteiger partial charge in [-0.1, -0.05) is 36.4 Å². The summed E-state index contributed by atoms with van der Waals surface area (Å²) in [7, 11) is 1.48. The van der Waals surface area contributed by atoms with Crippen molar-refractivity contribution in [3.63, 3.8) is 0 Å². The first kappa shape index (κ1) is 26.4. The van der Waals surface area contributed by atoms with Gasteiger partial charge in [0.2, 0.25) is 0 Å². The van der Waals surface area contributed by atoms with Crippen LogP contribution in [0.2, 0.25) is 0 Å². The molecule has 5 rings (SSSR count). The number of carbonyl (C=O) groups is 1. The van der Waals surface area contributed by atoms with E-state index in [0.717, 1.165) is 17.7 Å². The van der Waals surface area contributed by atoms with Crippen LogP contribution in [0.3, 0.4) is 0 Å². The summed E-state index contributed by atoms with van der Waals surface area (Å²) in [4.78, 5) is 30.4. The molecule has 0 aliphatic carbocycles. The molecule has 9 heteroatoms. The van der Waals surface area contributed by atoms with E-state index in [2.05, 4.69) is 11.7 Å². The van der Waals surface area contributed by atoms with E-state index in [0.29, 0.717) is 46.2 Å². The molecule has 0 aromatic heterocycles. The Balaban J connectivity index is 1.37. The standard InChI is InChI=1S/C31H27N3O6/c1-32-27-18-30(29(38-2)17-26(27)31(35)33-13-12-23-8-6-7-11-28(23)33)40-20-22-14-21(15-24(16-22)34(36)37)19-39-25-9-4-3-5-10-25/h3-11,14-18H,1,12-13,19-20H2,2H3. The van der Waals surface area contributed by atoms with Gasteiger partial charge in [-0.3, -0.25) is 19.9 Å². The molecule has 0 atom stereocenters. The third-order valence-electron chi connectivity index (χ3n) is 6.61. The number of nitro groups is 1. The van der Waals surface area contributed by atoms with Crippen molar-refractivity contribution in [1.29, 1.82) is 0 Å². The number of aliphatic imine (C=N–C) groups is 1. The Labute approximate surface area is 231 Å². The third kappa shape index (κ3) is 5.63. The smallest absolute Gasteiger partial charge is 0.270 e. The Kier molecular flexibility index (Phi) is 7.72. The average molecular weight is 538 g/mol. The van der Waals surface area contributed by atoms with E-state index < -0.39 is 4.92 Å². The van der Waals surface area contributed by atoms with E-state index in [-0.39, 0.29) is 24.8 Å². The molecule has 0 radical (unpaired) electrons. The average Bonchev–Trinajstić information content (AvgIpc) is 3.43. The van der Waals surface area contributed by atoms with E-state index in [9.17, 15) is 14.9 Å². The van der Waals surface area contributed by atoms with E-state index in [1.807, 2.05) is 54.6 Å². The molecule has 0 spiro atoms. The quantitative estimate of drug-likeness (QED) is 0.134. The fourth-order valence-corrected chi connectivity index (χ4v) is 4.68. The molecule has 0 fully saturated rings. The molecule has 0 N–H and O–H groups in total. The second kappa shape index (κ2) is 11.7. The largest absolute Gasteiger partial charge is 0.493 e. The first-order valence-corrected chi connectivity index (χ1v) is 12.6. The molecule has 1 amide bonds. The summed E-state index contributed by atoms with van der Waals surface area (Å²) >= 11 is 0. The van der Waals surface area contributed by atoms with Crippen molar-refractivity contribution < 1.29 is 23.9 Å². The molecule has 4 aromatic rings. The minimum atomic E-state index is -0.452. The number of hydrogen-bond acceptors (Lipinski definition) is 7. The van der Waals surface area contributed by atoms with Gasteiger partial charge in [0.05, 0.1) is 23.3 Å². The number of para-hydroxylation sites is 2. The van der Waals surface area contributed by atoms with Crippen LogP contribution in [0.25, 0.3) is 0 Å². The molecule has 0 bridgehead atoms. The van der Waals surface area contributed by atoms with Crippen molar-refractivity contribution in [2.24, 2.45) is 4.99 Å². The van der Waals surface area contributed by atoms with Crippen LogP contribution in [-0.4, -0.2) is 31.2 Å². The van der Waals surface area contributed by atoms with Gasteiger partial charge in [-0.2, -0.15) is 0 Å². The highest BCUT2D eigenvalue weighted by molar-refractivity contribution is 6.10. The van der Waals surface area contributed by atoms with Gasteiger partial charge < -0.3 is 19.1 Å². The number of rotatable bonds is 10. The van der Waals surface area contributed by atoms with E-state index in [4.69, 9.17) is 14.2 Å². The second-order valence-electron chi connectivity index (χ2n) is 9.17. The maximum atomic E-state index is 13.5. The van der Waals surface area contributed by atoms with Crippen LogP contribution in [0.5, 0.6) is 17.2 Å². The lowest BCUT2D eigenvalue weighted by atomic mass is 10.1. The predicted octanol–water partition coefficient (Wildman–Crippen LogP) is 6.30. The number of nitrogens with zero attached hydrogens (tertiary/aromatic N) is 3. The molecule has 0 saturated heterocycles. The number of anilines is 1. The third-order valence-corrected chi connectivity index (χ3v) is 6.61. The van der Waals surface area contributed by atoms with Gasteiger partial charge in [0.15, 0.2) is 11.5 Å². The van der Waals surface area contributed by atoms with Gasteiger partial charge in [0.25, 0.3) is 11.6 Å². The molecular weight excluding hydrogens is 510 g/mol. The Morgan fingerprint density at radius 1 is 0.950 bits per heavy atom. The molecule has 4 aromatic carbocycles. The summed E-state index contributed by atoms with van der Waals surface area (Å²) in [5, 5.41) is 11.6. The predicted molar refractivity (Wildman–Crippen MR) is 152 cm³/mol. The van der Waals surface area contributed by atoms with Crippen molar-refractivity contribution in [2.45, 2.75) is 19.6 Å². The number of fused-ring (bicyclic) bond motifs is 1. The molecule has 1 heterocycles. The molecule has 9 nitrogen and oxygen atoms in total. The zero-order chi connectivity index (χ0) is 28.1. The summed E-state index contributed by atoms with van der Waals surface area (Å²) in [5.41, 5.74) is 3.81. The van der Waals surface area contributed by atoms with Crippen LogP contribution < -0.4 is 19.1 Å². The molecule has 40 heavy (non-hydrogen) atoms. The minimum Gasteiger partial charge on any atom is -0.493 e. The topological polar surface area (TPSA) is 103 Å². The van der Waals surface area contributed by atoms with Gasteiger partial charge in [-0.15, -0.1) is 0 Å². The van der Waals surface area contributed by atoms with Gasteiger partial charge >= 0.3 is 0 Å². The van der Waals surface area contributed by atoms with Crippen LogP contribution >= 0.6 is 0 Å². The Morgan fingerprint density at radius 3 is 2.35 bits per heavy atom. The number of methoxy groups -OCH3 is 1. The van der Waals surface area contributed by atoms with Crippen LogP contribution in [-0.2, 0) is 19.6 Å². The van der Waals surface area contributed by atoms with Crippen molar-refractivity contribution in [1.82, 2.24) is 0 Å². The van der Waals surface area contributed by atoms with Crippen molar-refractivity contribution in [3.05, 3.63) is 117 Å². The van der Waals surface area contributed by atoms with Crippen LogP contribution in [0.4, 0.5) is 17.1 Å². The summed E-state index contributed by atoms with van der Waals surface area (Å²) in [5.74, 6) is 1.12. The Bertz CT molecular complexity index is 1570. The first-order valence-electron chi connectivity index (χ1n) is 12.6. The number of non-ortho nitro benzene ring substituents is 1. The van der Waals surface area contributed by atoms with E-state index in [1.54, 1.807) is 23.1 Å². The maximum absolute atomic E-state index is 13.5. The number of nitro benzene ring substituents is 1. The van der Waals surface area contributed by atoms with Crippen LogP contribution in [0, 0.1) is 10.1 Å². The summed E-state index contributed by atoms with van der Waals surface area (Å²) < 4.78 is 17.3. The maximum Gasteiger partial charge on any atom is 0.270 e. The Morgan fingerprint density at radius 2 is 1.65 bits per heavy atom. The lowest BCUT2D eigenvalue weighted by molar-refractivity contribution is -0.385. The molecule has 0 saturated carbocycles. The lowest BCUT2D eigenvalue weighted by Gasteiger charge is -2.20. The zero-order valence-electron chi connectivity index (χ0n) is 21.9. The zero-order valence-corrected chi connectivity index (χ0v) is 21.9. The highest BCUT2D eigenvalue weighted by Crippen LogP contribution is 2.38. The highest BCUT2D eigenvalue weighted by Gasteiger charge is 2.28. The normalized spacial score (nSPS) is 12.0. The second-order valence-corrected chi connectivity index (χ2v) is 9.17. The van der Waals surface area contributed by atoms with Crippen molar-refractivity contribution >= 4 is 29.7 Å². The van der Waals surface area contributed by atoms with Gasteiger partial charge in [0.1, 0.15) is 19.0 Å². The van der Waals surface area contributed by atoms with Crippen LogP contribution in [0.1, 0.15) is 27.0 Å². The van der Waals surface area contributed by atoms with E-state index in [1.165, 1.54) is 19.2 Å². The first-order chi connectivity index (χ1) is 19.5. The van der Waals surface area contributed by atoms with Crippen LogP contribution in [0.15, 0.2) is 89.9 Å². The van der Waals surface area contributed by atoms with Gasteiger partial charge in [-0.05, 0) is 60.2 Å². The number of ether oxygens (including phenoxy) is 3. The number of benzene rings is 4. The molecule has 0 unspecified atom stereocenters. The van der Waals surface area contributed by atoms with Crippen molar-refractivity contribution in [2.75, 3.05) is 18.6 Å². The fraction of sp³-hybridized carbons (Fsp3) is 0.161. The summed E-state index contributed by atoms with van der Waals surface area (Å²) in [6.07, 6.45) is 0.776. The SMILES string of the molecule is C=Nc1cc(OCc2cc(COc3ccccc3)cc([N+](=O)[O-])c2)c(OC)cc1C(=O)N1CCc2ccccc21. The number of carbonyl (C=O) groups excluding carboxylic acids is 1. The fourth-order valence-electron chi connectivity index (χ4n) is 4.68. The molecular formula is C31H27N3O6. The number of amides is 1. The minimum absolute atomic E-state index is 0.0136. The van der Waals surface area contributed by atoms with E-state index >= 15 is 0 Å². The summed E-state index contributed by atoms with van der Waals surface area (Å²) in [6.45, 7) is 4.38. The van der Waals surface area contributed by atoms with Gasteiger partial charge in [-0.25, -0.2) is 0 Å². The van der Waals surface area contributed by atoms with Gasteiger partial charge in [0, 0.05) is 30.4 Å². The highest BCUT2D eigenvalue weighted by atomic mass is 16.6. The van der Waals surface area contributed by atoms with Crippen molar-refractivity contribution in [3.8, 4) is 17.2 Å². The summed E-state index contributed by atoms with van der Waals surface area (Å²) in [6, 6.07) is 24.9. The Hall–Kier alpha value is -5.18. The molecule has 202 valence electrons. The molecule has 1 aliphatic heterocycles. The lowest BCUT2D eigenvalue weighted by Crippen LogP contribution is -2.29.